The maximum absolute atomic E-state index is 12.9. The van der Waals surface area contributed by atoms with E-state index in [1.54, 1.807) is 49.3 Å². The Bertz CT molecular complexity index is 614. The first-order chi connectivity index (χ1) is 13.1. The van der Waals surface area contributed by atoms with Gasteiger partial charge in [-0.2, -0.15) is 0 Å². The highest BCUT2D eigenvalue weighted by Gasteiger charge is 2.23. The summed E-state index contributed by atoms with van der Waals surface area (Å²) in [5, 5.41) is 0. The average molecular weight is 380 g/mol. The van der Waals surface area contributed by atoms with Gasteiger partial charge >= 0.3 is 0 Å². The van der Waals surface area contributed by atoms with E-state index in [1.807, 2.05) is 0 Å². The number of carbonyl (C=O) groups is 2. The van der Waals surface area contributed by atoms with Crippen LogP contribution in [0.5, 0.6) is 11.5 Å². The minimum Gasteiger partial charge on any atom is -0.497 e. The molecule has 0 aliphatic carbocycles. The monoisotopic (exact) mass is 380 g/mol. The molecule has 0 unspecified atom stereocenters. The first-order valence-corrected chi connectivity index (χ1v) is 8.95. The number of carbonyl (C=O) groups excluding carboxylic acids is 2. The van der Waals surface area contributed by atoms with Gasteiger partial charge in [0, 0.05) is 44.9 Å². The number of nitrogens with zero attached hydrogens (tertiary/aromatic N) is 2. The highest BCUT2D eigenvalue weighted by Crippen LogP contribution is 2.23. The summed E-state index contributed by atoms with van der Waals surface area (Å²) < 4.78 is 20.7. The van der Waals surface area contributed by atoms with Crippen LogP contribution in [0.1, 0.15) is 16.8 Å². The minimum atomic E-state index is -0.0992. The Morgan fingerprint density at radius 1 is 0.889 bits per heavy atom. The number of amides is 2. The zero-order valence-electron chi connectivity index (χ0n) is 16.2. The summed E-state index contributed by atoms with van der Waals surface area (Å²) in [4.78, 5) is 28.6. The van der Waals surface area contributed by atoms with E-state index in [4.69, 9.17) is 18.9 Å². The van der Waals surface area contributed by atoms with Crippen LogP contribution < -0.4 is 9.47 Å². The van der Waals surface area contributed by atoms with Crippen LogP contribution in [0.3, 0.4) is 0 Å². The largest absolute Gasteiger partial charge is 0.497 e. The molecule has 8 heteroatoms. The quantitative estimate of drug-likeness (QED) is 0.627. The number of rotatable bonds is 8. The molecule has 150 valence electrons. The Labute approximate surface area is 159 Å². The van der Waals surface area contributed by atoms with Gasteiger partial charge in [-0.3, -0.25) is 9.59 Å². The van der Waals surface area contributed by atoms with Crippen LogP contribution in [0.2, 0.25) is 0 Å². The molecule has 1 fully saturated rings. The Morgan fingerprint density at radius 3 is 2.15 bits per heavy atom. The van der Waals surface area contributed by atoms with Crippen molar-refractivity contribution in [1.82, 2.24) is 9.80 Å². The van der Waals surface area contributed by atoms with E-state index in [1.165, 1.54) is 0 Å². The maximum Gasteiger partial charge on any atom is 0.254 e. The molecular formula is C19H28N2O6. The van der Waals surface area contributed by atoms with Crippen molar-refractivity contribution < 1.29 is 28.5 Å². The van der Waals surface area contributed by atoms with Crippen LogP contribution in [0.4, 0.5) is 0 Å². The molecule has 1 aliphatic rings. The highest BCUT2D eigenvalue weighted by atomic mass is 16.5. The van der Waals surface area contributed by atoms with E-state index in [9.17, 15) is 9.59 Å². The topological polar surface area (TPSA) is 77.5 Å². The Balaban J connectivity index is 1.95. The normalized spacial score (nSPS) is 14.6. The molecule has 1 aromatic carbocycles. The van der Waals surface area contributed by atoms with E-state index >= 15 is 0 Å². The van der Waals surface area contributed by atoms with Gasteiger partial charge in [0.05, 0.1) is 27.4 Å². The molecule has 0 aromatic heterocycles. The molecule has 8 nitrogen and oxygen atoms in total. The highest BCUT2D eigenvalue weighted by molar-refractivity contribution is 5.95. The Kier molecular flexibility index (Phi) is 8.35. The van der Waals surface area contributed by atoms with Gasteiger partial charge in [0.1, 0.15) is 18.1 Å². The van der Waals surface area contributed by atoms with Gasteiger partial charge in [0.15, 0.2) is 0 Å². The summed E-state index contributed by atoms with van der Waals surface area (Å²) in [6.45, 7) is 3.04. The van der Waals surface area contributed by atoms with Crippen molar-refractivity contribution in [2.24, 2.45) is 0 Å². The number of methoxy groups -OCH3 is 3. The third kappa shape index (κ3) is 6.11. The molecule has 2 rings (SSSR count). The molecule has 1 aliphatic heterocycles. The third-order valence-electron chi connectivity index (χ3n) is 4.39. The lowest BCUT2D eigenvalue weighted by Gasteiger charge is -2.22. The first kappa shape index (κ1) is 21.0. The van der Waals surface area contributed by atoms with Crippen LogP contribution >= 0.6 is 0 Å². The number of hydrogen-bond donors (Lipinski definition) is 0. The first-order valence-electron chi connectivity index (χ1n) is 8.95. The fourth-order valence-corrected chi connectivity index (χ4v) is 2.88. The molecule has 1 aromatic rings. The van der Waals surface area contributed by atoms with Gasteiger partial charge in [-0.15, -0.1) is 0 Å². The summed E-state index contributed by atoms with van der Waals surface area (Å²) >= 11 is 0. The molecule has 0 spiro atoms. The second kappa shape index (κ2) is 10.7. The molecule has 0 radical (unpaired) electrons. The summed E-state index contributed by atoms with van der Waals surface area (Å²) in [6, 6.07) is 5.12. The van der Waals surface area contributed by atoms with Crippen molar-refractivity contribution in [3.05, 3.63) is 23.8 Å². The van der Waals surface area contributed by atoms with Crippen LogP contribution in [0.15, 0.2) is 18.2 Å². The van der Waals surface area contributed by atoms with Gasteiger partial charge in [-0.1, -0.05) is 0 Å². The molecular weight excluding hydrogens is 352 g/mol. The van der Waals surface area contributed by atoms with Gasteiger partial charge < -0.3 is 28.7 Å². The summed E-state index contributed by atoms with van der Waals surface area (Å²) in [5.74, 6) is 0.969. The zero-order chi connectivity index (χ0) is 19.6. The number of benzene rings is 1. The van der Waals surface area contributed by atoms with Crippen LogP contribution in [-0.4, -0.2) is 88.9 Å². The smallest absolute Gasteiger partial charge is 0.254 e. The van der Waals surface area contributed by atoms with Crippen LogP contribution in [0.25, 0.3) is 0 Å². The molecule has 1 saturated heterocycles. The van der Waals surface area contributed by atoms with E-state index in [0.717, 1.165) is 6.42 Å². The molecule has 2 amide bonds. The molecule has 0 bridgehead atoms. The molecule has 1 heterocycles. The van der Waals surface area contributed by atoms with E-state index in [2.05, 4.69) is 0 Å². The van der Waals surface area contributed by atoms with Crippen molar-refractivity contribution in [1.29, 1.82) is 0 Å². The average Bonchev–Trinajstić information content (AvgIpc) is 2.96. The predicted octanol–water partition coefficient (Wildman–Crippen LogP) is 1.04. The SMILES string of the molecule is COCCOCC(=O)N1CCCN(C(=O)c2cc(OC)cc(OC)c2)CC1. The summed E-state index contributed by atoms with van der Waals surface area (Å²) in [5.41, 5.74) is 0.508. The molecule has 0 atom stereocenters. The number of ether oxygens (including phenoxy) is 4. The molecule has 0 saturated carbocycles. The second-order valence-electron chi connectivity index (χ2n) is 6.17. The van der Waals surface area contributed by atoms with Crippen LogP contribution in [-0.2, 0) is 14.3 Å². The zero-order valence-corrected chi connectivity index (χ0v) is 16.2. The summed E-state index contributed by atoms with van der Waals surface area (Å²) in [6.07, 6.45) is 0.719. The molecule has 27 heavy (non-hydrogen) atoms. The molecule has 0 N–H and O–H groups in total. The van der Waals surface area contributed by atoms with Crippen LogP contribution in [0, 0.1) is 0 Å². The van der Waals surface area contributed by atoms with Crippen molar-refractivity contribution in [3.63, 3.8) is 0 Å². The Morgan fingerprint density at radius 2 is 1.52 bits per heavy atom. The van der Waals surface area contributed by atoms with Gasteiger partial charge in [-0.25, -0.2) is 0 Å². The van der Waals surface area contributed by atoms with Gasteiger partial charge in [-0.05, 0) is 18.6 Å². The van der Waals surface area contributed by atoms with E-state index < -0.39 is 0 Å². The fourth-order valence-electron chi connectivity index (χ4n) is 2.88. The van der Waals surface area contributed by atoms with E-state index in [-0.39, 0.29) is 18.4 Å². The number of hydrogen-bond acceptors (Lipinski definition) is 6. The van der Waals surface area contributed by atoms with Crippen molar-refractivity contribution >= 4 is 11.8 Å². The van der Waals surface area contributed by atoms with Gasteiger partial charge in [0.2, 0.25) is 5.91 Å². The lowest BCUT2D eigenvalue weighted by Crippen LogP contribution is -2.39. The van der Waals surface area contributed by atoms with E-state index in [0.29, 0.717) is 56.5 Å². The fraction of sp³-hybridized carbons (Fsp3) is 0.579. The lowest BCUT2D eigenvalue weighted by atomic mass is 10.1. The van der Waals surface area contributed by atoms with Gasteiger partial charge in [0.25, 0.3) is 5.91 Å². The predicted molar refractivity (Wildman–Crippen MR) is 99.3 cm³/mol. The standard InChI is InChI=1S/C19H28N2O6/c1-24-9-10-27-14-18(22)20-5-4-6-21(8-7-20)19(23)15-11-16(25-2)13-17(12-15)26-3/h11-13H,4-10,14H2,1-3H3. The van der Waals surface area contributed by atoms with Crippen molar-refractivity contribution in [3.8, 4) is 11.5 Å². The third-order valence-corrected chi connectivity index (χ3v) is 4.39. The Hall–Kier alpha value is -2.32. The van der Waals surface area contributed by atoms with Crippen molar-refractivity contribution in [2.75, 3.05) is 67.3 Å². The summed E-state index contributed by atoms with van der Waals surface area (Å²) in [7, 11) is 4.68. The minimum absolute atomic E-state index is 0.0321. The maximum atomic E-state index is 12.9. The van der Waals surface area contributed by atoms with Crippen molar-refractivity contribution in [2.45, 2.75) is 6.42 Å². The second-order valence-corrected chi connectivity index (χ2v) is 6.17. The lowest BCUT2D eigenvalue weighted by molar-refractivity contribution is -0.136.